The summed E-state index contributed by atoms with van der Waals surface area (Å²) >= 11 is 1.75. The summed E-state index contributed by atoms with van der Waals surface area (Å²) < 4.78 is 5.49. The Kier molecular flexibility index (Phi) is 6.52. The lowest BCUT2D eigenvalue weighted by molar-refractivity contribution is -0.120. The van der Waals surface area contributed by atoms with Crippen LogP contribution in [0.3, 0.4) is 0 Å². The van der Waals surface area contributed by atoms with Crippen LogP contribution in [0.4, 0.5) is 11.6 Å². The molecule has 0 aliphatic carbocycles. The first kappa shape index (κ1) is 22.2. The van der Waals surface area contributed by atoms with Crippen LogP contribution in [0.1, 0.15) is 29.1 Å². The van der Waals surface area contributed by atoms with Crippen molar-refractivity contribution in [3.05, 3.63) is 40.7 Å². The van der Waals surface area contributed by atoms with Gasteiger partial charge in [-0.05, 0) is 44.4 Å². The van der Waals surface area contributed by atoms with Crippen LogP contribution in [0.15, 0.2) is 24.4 Å². The minimum Gasteiger partial charge on any atom is -0.379 e. The molecule has 1 amide bonds. The first-order chi connectivity index (χ1) is 16.1. The van der Waals surface area contributed by atoms with Gasteiger partial charge in [-0.2, -0.15) is 0 Å². The molecule has 0 spiro atoms. The molecule has 2 aliphatic heterocycles. The molecule has 2 saturated heterocycles. The maximum atomic E-state index is 12.7. The predicted octanol–water partition coefficient (Wildman–Crippen LogP) is 3.39. The molecule has 2 aliphatic rings. The van der Waals surface area contributed by atoms with Gasteiger partial charge in [-0.15, -0.1) is 11.3 Å². The highest BCUT2D eigenvalue weighted by Gasteiger charge is 2.28. The van der Waals surface area contributed by atoms with E-state index in [1.807, 2.05) is 18.2 Å². The smallest absolute Gasteiger partial charge is 0.228 e. The molecule has 5 heterocycles. The second-order valence-corrected chi connectivity index (χ2v) is 9.98. The van der Waals surface area contributed by atoms with Crippen molar-refractivity contribution in [3.8, 4) is 0 Å². The number of ether oxygens (including phenoxy) is 1. The number of nitrogens with one attached hydrogen (secondary N) is 1. The Balaban J connectivity index is 1.33. The summed E-state index contributed by atoms with van der Waals surface area (Å²) in [5.74, 6) is 2.54. The second kappa shape index (κ2) is 9.70. The van der Waals surface area contributed by atoms with Gasteiger partial charge in [0.15, 0.2) is 0 Å². The van der Waals surface area contributed by atoms with Crippen LogP contribution in [-0.2, 0) is 16.1 Å². The van der Waals surface area contributed by atoms with Crippen molar-refractivity contribution in [2.24, 2.45) is 5.92 Å². The molecule has 174 valence electrons. The minimum absolute atomic E-state index is 0.0151. The van der Waals surface area contributed by atoms with Crippen LogP contribution >= 0.6 is 11.3 Å². The van der Waals surface area contributed by atoms with E-state index in [2.05, 4.69) is 33.9 Å². The van der Waals surface area contributed by atoms with Crippen molar-refractivity contribution < 1.29 is 9.53 Å². The predicted molar refractivity (Wildman–Crippen MR) is 131 cm³/mol. The number of aromatic nitrogens is 3. The largest absolute Gasteiger partial charge is 0.379 e. The molecular formula is C24H30N6O2S. The minimum atomic E-state index is -0.0151. The molecule has 8 nitrogen and oxygen atoms in total. The quantitative estimate of drug-likeness (QED) is 0.617. The Morgan fingerprint density at radius 1 is 1.15 bits per heavy atom. The van der Waals surface area contributed by atoms with E-state index in [4.69, 9.17) is 14.7 Å². The van der Waals surface area contributed by atoms with Gasteiger partial charge >= 0.3 is 0 Å². The molecule has 0 bridgehead atoms. The van der Waals surface area contributed by atoms with E-state index in [9.17, 15) is 4.79 Å². The Bertz CT molecular complexity index is 1120. The lowest BCUT2D eigenvalue weighted by atomic mass is 9.95. The van der Waals surface area contributed by atoms with E-state index in [0.717, 1.165) is 75.3 Å². The zero-order chi connectivity index (χ0) is 22.8. The fourth-order valence-electron chi connectivity index (χ4n) is 4.55. The van der Waals surface area contributed by atoms with E-state index >= 15 is 0 Å². The van der Waals surface area contributed by atoms with Gasteiger partial charge in [0.1, 0.15) is 22.3 Å². The summed E-state index contributed by atoms with van der Waals surface area (Å²) in [6.07, 6.45) is 3.29. The Morgan fingerprint density at radius 2 is 1.94 bits per heavy atom. The molecule has 5 rings (SSSR count). The zero-order valence-corrected chi connectivity index (χ0v) is 20.0. The van der Waals surface area contributed by atoms with Crippen molar-refractivity contribution in [3.63, 3.8) is 0 Å². The van der Waals surface area contributed by atoms with Gasteiger partial charge in [0.05, 0.1) is 25.1 Å². The van der Waals surface area contributed by atoms with Gasteiger partial charge in [-0.1, -0.05) is 6.07 Å². The van der Waals surface area contributed by atoms with Crippen LogP contribution in [0.25, 0.3) is 10.2 Å². The number of carbonyl (C=O) groups is 1. The topological polar surface area (TPSA) is 83.5 Å². The van der Waals surface area contributed by atoms with Gasteiger partial charge in [0.2, 0.25) is 5.91 Å². The average molecular weight is 467 g/mol. The fourth-order valence-corrected chi connectivity index (χ4v) is 5.59. The van der Waals surface area contributed by atoms with Gasteiger partial charge in [-0.25, -0.2) is 15.0 Å². The summed E-state index contributed by atoms with van der Waals surface area (Å²) in [7, 11) is 0. The molecule has 1 N–H and O–H groups in total. The number of morpholine rings is 1. The highest BCUT2D eigenvalue weighted by Crippen LogP contribution is 2.36. The highest BCUT2D eigenvalue weighted by molar-refractivity contribution is 7.18. The van der Waals surface area contributed by atoms with Crippen LogP contribution in [0.2, 0.25) is 0 Å². The maximum absolute atomic E-state index is 12.7. The number of piperidine rings is 1. The SMILES string of the molecule is Cc1sc2nc(CN3CCOCC3)nc(N3CCC(C(=O)Nc4ccccn4)CC3)c2c1C. The number of hydrogen-bond acceptors (Lipinski definition) is 8. The van der Waals surface area contributed by atoms with Crippen LogP contribution < -0.4 is 10.2 Å². The summed E-state index contributed by atoms with van der Waals surface area (Å²) in [5, 5.41) is 4.12. The number of carbonyl (C=O) groups excluding carboxylic acids is 1. The lowest BCUT2D eigenvalue weighted by Crippen LogP contribution is -2.39. The molecule has 0 unspecified atom stereocenters. The van der Waals surface area contributed by atoms with Gasteiger partial charge < -0.3 is 15.0 Å². The third kappa shape index (κ3) is 4.85. The molecule has 3 aromatic heterocycles. The standard InChI is InChI=1S/C24H30N6O2S/c1-16-17(2)33-24-21(16)22(26-20(28-24)15-29-11-13-32-14-12-29)30-9-6-18(7-10-30)23(31)27-19-5-3-4-8-25-19/h3-5,8,18H,6-7,9-15H2,1-2H3,(H,25,27,31). The molecule has 0 aromatic carbocycles. The number of nitrogens with zero attached hydrogens (tertiary/aromatic N) is 5. The van der Waals surface area contributed by atoms with E-state index in [1.165, 1.54) is 15.8 Å². The Labute approximate surface area is 198 Å². The monoisotopic (exact) mass is 466 g/mol. The first-order valence-corrected chi connectivity index (χ1v) is 12.4. The summed E-state index contributed by atoms with van der Waals surface area (Å²) in [4.78, 5) is 34.0. The lowest BCUT2D eigenvalue weighted by Gasteiger charge is -2.33. The third-order valence-electron chi connectivity index (χ3n) is 6.61. The number of rotatable bonds is 5. The van der Waals surface area contributed by atoms with E-state index in [1.54, 1.807) is 17.5 Å². The molecule has 3 aromatic rings. The van der Waals surface area contributed by atoms with Gasteiger partial charge in [-0.3, -0.25) is 9.69 Å². The molecule has 33 heavy (non-hydrogen) atoms. The average Bonchev–Trinajstić information content (AvgIpc) is 3.13. The van der Waals surface area contributed by atoms with Crippen molar-refractivity contribution in [2.45, 2.75) is 33.2 Å². The number of pyridine rings is 1. The fraction of sp³-hybridized carbons (Fsp3) is 0.500. The molecular weight excluding hydrogens is 436 g/mol. The van der Waals surface area contributed by atoms with E-state index in [-0.39, 0.29) is 11.8 Å². The van der Waals surface area contributed by atoms with Crippen molar-refractivity contribution in [2.75, 3.05) is 49.6 Å². The number of hydrogen-bond donors (Lipinski definition) is 1. The number of thiophene rings is 1. The third-order valence-corrected chi connectivity index (χ3v) is 7.71. The molecule has 2 fully saturated rings. The zero-order valence-electron chi connectivity index (χ0n) is 19.2. The van der Waals surface area contributed by atoms with Crippen molar-refractivity contribution in [1.82, 2.24) is 19.9 Å². The van der Waals surface area contributed by atoms with Crippen molar-refractivity contribution in [1.29, 1.82) is 0 Å². The van der Waals surface area contributed by atoms with Gasteiger partial charge in [0.25, 0.3) is 0 Å². The molecule has 0 radical (unpaired) electrons. The van der Waals surface area contributed by atoms with Crippen molar-refractivity contribution >= 4 is 39.1 Å². The normalized spacial score (nSPS) is 18.1. The molecule has 0 saturated carbocycles. The van der Waals surface area contributed by atoms with Crippen LogP contribution in [-0.4, -0.2) is 65.2 Å². The van der Waals surface area contributed by atoms with Crippen LogP contribution in [0.5, 0.6) is 0 Å². The number of amides is 1. The number of anilines is 2. The first-order valence-electron chi connectivity index (χ1n) is 11.6. The Morgan fingerprint density at radius 3 is 2.67 bits per heavy atom. The summed E-state index contributed by atoms with van der Waals surface area (Å²) in [6, 6.07) is 5.55. The molecule has 9 heteroatoms. The number of aryl methyl sites for hydroxylation is 2. The summed E-state index contributed by atoms with van der Waals surface area (Å²) in [6.45, 7) is 10.0. The molecule has 0 atom stereocenters. The second-order valence-electron chi connectivity index (χ2n) is 8.78. The summed E-state index contributed by atoms with van der Waals surface area (Å²) in [5.41, 5.74) is 1.26. The maximum Gasteiger partial charge on any atom is 0.228 e. The number of fused-ring (bicyclic) bond motifs is 1. The van der Waals surface area contributed by atoms with E-state index < -0.39 is 0 Å². The highest BCUT2D eigenvalue weighted by atomic mass is 32.1. The van der Waals surface area contributed by atoms with Crippen LogP contribution in [0, 0.1) is 19.8 Å². The van der Waals surface area contributed by atoms with Gasteiger partial charge in [0, 0.05) is 43.2 Å². The Hall–Kier alpha value is -2.62. The van der Waals surface area contributed by atoms with E-state index in [0.29, 0.717) is 5.82 Å².